The van der Waals surface area contributed by atoms with Crippen LogP contribution in [0.15, 0.2) is 42.5 Å². The largest absolute Gasteiger partial charge is 0.459 e. The number of benzene rings is 1. The smallest absolute Gasteiger partial charge is 0.338 e. The lowest BCUT2D eigenvalue weighted by atomic mass is 9.80. The molecule has 0 aromatic heterocycles. The summed E-state index contributed by atoms with van der Waals surface area (Å²) in [6.07, 6.45) is -0.870. The maximum Gasteiger partial charge on any atom is 0.338 e. The summed E-state index contributed by atoms with van der Waals surface area (Å²) in [5.74, 6) is -0.404. The lowest BCUT2D eigenvalue weighted by molar-refractivity contribution is 0.0476. The summed E-state index contributed by atoms with van der Waals surface area (Å²) in [7, 11) is -2.02. The van der Waals surface area contributed by atoms with E-state index in [0.29, 0.717) is 24.0 Å². The minimum Gasteiger partial charge on any atom is -0.459 e. The highest BCUT2D eigenvalue weighted by molar-refractivity contribution is 6.74. The van der Waals surface area contributed by atoms with Crippen molar-refractivity contribution in [3.8, 4) is 0 Å². The molecule has 1 heterocycles. The van der Waals surface area contributed by atoms with Crippen molar-refractivity contribution in [1.29, 1.82) is 0 Å². The van der Waals surface area contributed by atoms with E-state index >= 15 is 0 Å². The van der Waals surface area contributed by atoms with Crippen LogP contribution in [-0.2, 0) is 13.9 Å². The standard InChI is InChI=1S/C22H31FO4Si/c1-15-18(23)12-17(27-28(5,6)21(2,3)4)13-22(15)19(26-22)14-25-20(24)16-10-8-7-9-11-16/h7-11,17-19H,1,12-14H2,2-6H3. The van der Waals surface area contributed by atoms with Gasteiger partial charge in [0.1, 0.15) is 24.5 Å². The van der Waals surface area contributed by atoms with Gasteiger partial charge in [-0.1, -0.05) is 45.5 Å². The second kappa shape index (κ2) is 7.39. The number of halogens is 1. The molecule has 1 spiro atoms. The highest BCUT2D eigenvalue weighted by Gasteiger charge is 2.64. The molecule has 0 amide bonds. The number of carbonyl (C=O) groups excluding carboxylic acids is 1. The van der Waals surface area contributed by atoms with Crippen LogP contribution in [0.4, 0.5) is 4.39 Å². The minimum absolute atomic E-state index is 0.0510. The molecule has 1 aromatic rings. The lowest BCUT2D eigenvalue weighted by Gasteiger charge is -2.42. The van der Waals surface area contributed by atoms with Gasteiger partial charge in [-0.3, -0.25) is 0 Å². The van der Waals surface area contributed by atoms with Crippen LogP contribution in [-0.4, -0.2) is 44.9 Å². The Kier molecular flexibility index (Phi) is 5.60. The fourth-order valence-corrected chi connectivity index (χ4v) is 4.90. The molecule has 0 bridgehead atoms. The molecule has 6 heteroatoms. The van der Waals surface area contributed by atoms with Gasteiger partial charge in [0.25, 0.3) is 0 Å². The first-order valence-corrected chi connectivity index (χ1v) is 12.8. The van der Waals surface area contributed by atoms with Gasteiger partial charge in [-0.25, -0.2) is 9.18 Å². The third kappa shape index (κ3) is 4.09. The molecule has 154 valence electrons. The molecule has 0 radical (unpaired) electrons. The number of ether oxygens (including phenoxy) is 2. The van der Waals surface area contributed by atoms with Crippen molar-refractivity contribution in [2.45, 2.75) is 75.7 Å². The van der Waals surface area contributed by atoms with E-state index in [1.54, 1.807) is 24.3 Å². The van der Waals surface area contributed by atoms with E-state index in [9.17, 15) is 9.18 Å². The summed E-state index contributed by atoms with van der Waals surface area (Å²) >= 11 is 0. The van der Waals surface area contributed by atoms with Crippen LogP contribution in [0.2, 0.25) is 18.1 Å². The van der Waals surface area contributed by atoms with Crippen LogP contribution in [0.1, 0.15) is 44.0 Å². The van der Waals surface area contributed by atoms with Gasteiger partial charge in [0.15, 0.2) is 8.32 Å². The van der Waals surface area contributed by atoms with Gasteiger partial charge in [0.2, 0.25) is 0 Å². The number of hydrogen-bond donors (Lipinski definition) is 0. The molecule has 4 unspecified atom stereocenters. The number of esters is 1. The van der Waals surface area contributed by atoms with Crippen molar-refractivity contribution in [3.05, 3.63) is 48.0 Å². The van der Waals surface area contributed by atoms with Crippen molar-refractivity contribution in [2.75, 3.05) is 6.61 Å². The van der Waals surface area contributed by atoms with Gasteiger partial charge < -0.3 is 13.9 Å². The molecule has 28 heavy (non-hydrogen) atoms. The Morgan fingerprint density at radius 3 is 2.57 bits per heavy atom. The van der Waals surface area contributed by atoms with E-state index in [2.05, 4.69) is 40.4 Å². The highest BCUT2D eigenvalue weighted by atomic mass is 28.4. The fourth-order valence-electron chi connectivity index (χ4n) is 3.53. The third-order valence-electron chi connectivity index (χ3n) is 6.38. The van der Waals surface area contributed by atoms with Crippen LogP contribution >= 0.6 is 0 Å². The number of rotatable bonds is 5. The molecule has 2 aliphatic rings. The summed E-state index contributed by atoms with van der Waals surface area (Å²) in [5.41, 5.74) is 0.160. The topological polar surface area (TPSA) is 48.1 Å². The Bertz CT molecular complexity index is 743. The molecule has 4 atom stereocenters. The Balaban J connectivity index is 1.63. The van der Waals surface area contributed by atoms with Crippen LogP contribution in [0, 0.1) is 0 Å². The van der Waals surface area contributed by atoms with Crippen molar-refractivity contribution in [2.24, 2.45) is 0 Å². The summed E-state index contributed by atoms with van der Waals surface area (Å²) in [5, 5.41) is 0.0510. The van der Waals surface area contributed by atoms with E-state index in [1.165, 1.54) is 0 Å². The van der Waals surface area contributed by atoms with Crippen LogP contribution in [0.3, 0.4) is 0 Å². The maximum atomic E-state index is 14.7. The zero-order valence-corrected chi connectivity index (χ0v) is 18.5. The SMILES string of the molecule is C=C1C(F)CC(O[Si](C)(C)C(C)(C)C)CC12OC2COC(=O)c1ccccc1. The van der Waals surface area contributed by atoms with Gasteiger partial charge in [0.05, 0.1) is 11.7 Å². The van der Waals surface area contributed by atoms with Gasteiger partial charge in [0, 0.05) is 12.8 Å². The van der Waals surface area contributed by atoms with Crippen molar-refractivity contribution < 1.29 is 23.1 Å². The maximum absolute atomic E-state index is 14.7. The van der Waals surface area contributed by atoms with Crippen LogP contribution < -0.4 is 0 Å². The minimum atomic E-state index is -2.02. The normalized spacial score (nSPS) is 30.4. The Morgan fingerprint density at radius 1 is 1.32 bits per heavy atom. The molecule has 1 aliphatic carbocycles. The Hall–Kier alpha value is -1.50. The van der Waals surface area contributed by atoms with Crippen LogP contribution in [0.25, 0.3) is 0 Å². The second-order valence-electron chi connectivity index (χ2n) is 9.39. The molecular weight excluding hydrogens is 375 g/mol. The monoisotopic (exact) mass is 406 g/mol. The first kappa shape index (κ1) is 21.2. The third-order valence-corrected chi connectivity index (χ3v) is 10.9. The molecule has 2 fully saturated rings. The van der Waals surface area contributed by atoms with Gasteiger partial charge in [-0.2, -0.15) is 0 Å². The molecule has 1 aromatic carbocycles. The zero-order chi connectivity index (χ0) is 20.7. The van der Waals surface area contributed by atoms with Gasteiger partial charge in [-0.15, -0.1) is 0 Å². The van der Waals surface area contributed by atoms with E-state index in [0.717, 1.165) is 0 Å². The summed E-state index contributed by atoms with van der Waals surface area (Å²) in [6.45, 7) is 14.9. The fraction of sp³-hybridized carbons (Fsp3) is 0.591. The number of hydrogen-bond acceptors (Lipinski definition) is 4. The first-order valence-electron chi connectivity index (χ1n) is 9.87. The predicted molar refractivity (Wildman–Crippen MR) is 110 cm³/mol. The molecule has 1 aliphatic heterocycles. The zero-order valence-electron chi connectivity index (χ0n) is 17.5. The lowest BCUT2D eigenvalue weighted by Crippen LogP contribution is -2.48. The number of carbonyl (C=O) groups is 1. The molecule has 0 N–H and O–H groups in total. The van der Waals surface area contributed by atoms with Gasteiger partial charge in [-0.05, 0) is 35.8 Å². The van der Waals surface area contributed by atoms with E-state index in [-0.39, 0.29) is 23.9 Å². The molecule has 3 rings (SSSR count). The second-order valence-corrected chi connectivity index (χ2v) is 14.1. The predicted octanol–water partition coefficient (Wildman–Crippen LogP) is 5.06. The van der Waals surface area contributed by atoms with E-state index in [4.69, 9.17) is 13.9 Å². The highest BCUT2D eigenvalue weighted by Crippen LogP contribution is 2.53. The quantitative estimate of drug-likeness (QED) is 0.297. The van der Waals surface area contributed by atoms with Crippen molar-refractivity contribution >= 4 is 14.3 Å². The van der Waals surface area contributed by atoms with Crippen molar-refractivity contribution in [3.63, 3.8) is 0 Å². The molecule has 1 saturated heterocycles. The summed E-state index contributed by atoms with van der Waals surface area (Å²) < 4.78 is 32.4. The molecule has 4 nitrogen and oxygen atoms in total. The Morgan fingerprint density at radius 2 is 1.96 bits per heavy atom. The van der Waals surface area contributed by atoms with Gasteiger partial charge >= 0.3 is 5.97 Å². The molecular formula is C22H31FO4Si. The summed E-state index contributed by atoms with van der Waals surface area (Å²) in [4.78, 5) is 12.2. The van der Waals surface area contributed by atoms with E-state index in [1.807, 2.05) is 6.07 Å². The average molecular weight is 407 g/mol. The van der Waals surface area contributed by atoms with Crippen LogP contribution in [0.5, 0.6) is 0 Å². The summed E-state index contributed by atoms with van der Waals surface area (Å²) in [6, 6.07) is 8.81. The van der Waals surface area contributed by atoms with Crippen molar-refractivity contribution in [1.82, 2.24) is 0 Å². The molecule has 1 saturated carbocycles. The number of epoxide rings is 1. The average Bonchev–Trinajstić information content (AvgIpc) is 3.30. The van der Waals surface area contributed by atoms with E-state index < -0.39 is 26.1 Å². The first-order chi connectivity index (χ1) is 13.0. The number of alkyl halides is 1. The Labute approximate surface area is 168 Å².